The van der Waals surface area contributed by atoms with Crippen LogP contribution in [0.15, 0.2) is 24.3 Å². The number of amides is 1. The summed E-state index contributed by atoms with van der Waals surface area (Å²) in [4.78, 5) is 13.5. The summed E-state index contributed by atoms with van der Waals surface area (Å²) in [6.45, 7) is 4.77. The number of carbonyl (C=O) groups excluding carboxylic acids is 1. The highest BCUT2D eigenvalue weighted by atomic mass is 16.2. The fourth-order valence-electron chi connectivity index (χ4n) is 2.02. The van der Waals surface area contributed by atoms with E-state index >= 15 is 0 Å². The number of carbonyl (C=O) groups is 1. The number of amidine groups is 1. The van der Waals surface area contributed by atoms with Crippen molar-refractivity contribution in [1.82, 2.24) is 10.2 Å². The number of hydrogen-bond acceptors (Lipinski definition) is 2. The average Bonchev–Trinajstić information content (AvgIpc) is 2.55. The lowest BCUT2D eigenvalue weighted by Crippen LogP contribution is -2.40. The Labute approximate surface area is 101 Å². The van der Waals surface area contributed by atoms with E-state index in [1.54, 1.807) is 4.90 Å². The maximum absolute atomic E-state index is 11.7. The molecule has 2 N–H and O–H groups in total. The van der Waals surface area contributed by atoms with Gasteiger partial charge in [-0.3, -0.25) is 10.2 Å². The summed E-state index contributed by atoms with van der Waals surface area (Å²) in [7, 11) is 0. The fraction of sp³-hybridized carbons (Fsp3) is 0.385. The molecule has 1 aliphatic rings. The molecule has 0 atom stereocenters. The predicted molar refractivity (Wildman–Crippen MR) is 67.0 cm³/mol. The summed E-state index contributed by atoms with van der Waals surface area (Å²) in [6, 6.07) is 7.96. The van der Waals surface area contributed by atoms with Crippen molar-refractivity contribution in [3.63, 3.8) is 0 Å². The van der Waals surface area contributed by atoms with Gasteiger partial charge in [0.1, 0.15) is 5.84 Å². The molecule has 0 radical (unpaired) electrons. The van der Waals surface area contributed by atoms with Crippen molar-refractivity contribution in [2.75, 3.05) is 6.54 Å². The maximum atomic E-state index is 11.7. The zero-order valence-corrected chi connectivity index (χ0v) is 10.2. The largest absolute Gasteiger partial charge is 0.352 e. The molecular formula is C13H17N3O. The van der Waals surface area contributed by atoms with Gasteiger partial charge in [-0.1, -0.05) is 24.3 Å². The third-order valence-corrected chi connectivity index (χ3v) is 2.73. The zero-order valence-electron chi connectivity index (χ0n) is 10.2. The van der Waals surface area contributed by atoms with Crippen LogP contribution in [-0.4, -0.2) is 29.2 Å². The van der Waals surface area contributed by atoms with E-state index in [0.717, 1.165) is 11.1 Å². The van der Waals surface area contributed by atoms with Gasteiger partial charge in [-0.05, 0) is 19.4 Å². The van der Waals surface area contributed by atoms with E-state index < -0.39 is 0 Å². The minimum atomic E-state index is -0.0300. The number of fused-ring (bicyclic) bond motifs is 1. The standard InChI is InChI=1S/C13H17N3O/c1-9(2)15-12(17)8-16-7-10-5-3-4-6-11(10)13(16)14/h3-6,9,14H,7-8H2,1-2H3,(H,15,17). The maximum Gasteiger partial charge on any atom is 0.239 e. The Balaban J connectivity index is 2.03. The zero-order chi connectivity index (χ0) is 12.4. The summed E-state index contributed by atoms with van der Waals surface area (Å²) in [5.74, 6) is 0.414. The molecule has 0 saturated heterocycles. The van der Waals surface area contributed by atoms with E-state index in [2.05, 4.69) is 5.32 Å². The van der Waals surface area contributed by atoms with Gasteiger partial charge in [0.05, 0.1) is 6.54 Å². The Hall–Kier alpha value is -1.84. The van der Waals surface area contributed by atoms with E-state index in [4.69, 9.17) is 5.41 Å². The van der Waals surface area contributed by atoms with E-state index in [1.165, 1.54) is 0 Å². The molecule has 1 amide bonds. The van der Waals surface area contributed by atoms with Gasteiger partial charge < -0.3 is 10.2 Å². The molecule has 2 rings (SSSR count). The Morgan fingerprint density at radius 2 is 2.18 bits per heavy atom. The van der Waals surface area contributed by atoms with Crippen molar-refractivity contribution in [2.45, 2.75) is 26.4 Å². The van der Waals surface area contributed by atoms with Gasteiger partial charge in [-0.25, -0.2) is 0 Å². The van der Waals surface area contributed by atoms with Crippen LogP contribution in [0.3, 0.4) is 0 Å². The first-order valence-corrected chi connectivity index (χ1v) is 5.79. The van der Waals surface area contributed by atoms with Crippen molar-refractivity contribution in [3.8, 4) is 0 Å². The molecule has 0 bridgehead atoms. The third-order valence-electron chi connectivity index (χ3n) is 2.73. The molecular weight excluding hydrogens is 214 g/mol. The van der Waals surface area contributed by atoms with Gasteiger partial charge in [0.25, 0.3) is 0 Å². The molecule has 1 heterocycles. The first-order valence-electron chi connectivity index (χ1n) is 5.79. The van der Waals surface area contributed by atoms with Gasteiger partial charge in [0.15, 0.2) is 0 Å². The summed E-state index contributed by atoms with van der Waals surface area (Å²) in [6.07, 6.45) is 0. The third kappa shape index (κ3) is 2.46. The van der Waals surface area contributed by atoms with Crippen LogP contribution >= 0.6 is 0 Å². The topological polar surface area (TPSA) is 56.2 Å². The monoisotopic (exact) mass is 231 g/mol. The van der Waals surface area contributed by atoms with Crippen molar-refractivity contribution in [1.29, 1.82) is 5.41 Å². The van der Waals surface area contributed by atoms with Crippen LogP contribution in [0.1, 0.15) is 25.0 Å². The Kier molecular flexibility index (Phi) is 3.13. The Morgan fingerprint density at radius 3 is 2.82 bits per heavy atom. The number of hydrogen-bond donors (Lipinski definition) is 2. The molecule has 1 aliphatic heterocycles. The molecule has 0 aromatic heterocycles. The number of rotatable bonds is 3. The van der Waals surface area contributed by atoms with Crippen LogP contribution in [0, 0.1) is 5.41 Å². The lowest BCUT2D eigenvalue weighted by molar-refractivity contribution is -0.121. The van der Waals surface area contributed by atoms with Gasteiger partial charge in [-0.15, -0.1) is 0 Å². The normalized spacial score (nSPS) is 14.1. The van der Waals surface area contributed by atoms with Gasteiger partial charge >= 0.3 is 0 Å². The molecule has 1 aromatic carbocycles. The first-order chi connectivity index (χ1) is 8.08. The first kappa shape index (κ1) is 11.6. The second-order valence-electron chi connectivity index (χ2n) is 4.58. The molecule has 90 valence electrons. The molecule has 0 spiro atoms. The van der Waals surface area contributed by atoms with E-state index in [1.807, 2.05) is 38.1 Å². The number of nitrogens with one attached hydrogen (secondary N) is 2. The van der Waals surface area contributed by atoms with Crippen molar-refractivity contribution >= 4 is 11.7 Å². The van der Waals surface area contributed by atoms with Crippen LogP contribution in [-0.2, 0) is 11.3 Å². The van der Waals surface area contributed by atoms with Crippen molar-refractivity contribution in [2.24, 2.45) is 0 Å². The van der Waals surface area contributed by atoms with E-state index in [-0.39, 0.29) is 18.5 Å². The van der Waals surface area contributed by atoms with E-state index in [9.17, 15) is 4.79 Å². The SMILES string of the molecule is CC(C)NC(=O)CN1Cc2ccccc2C1=N. The second kappa shape index (κ2) is 4.57. The molecule has 0 fully saturated rings. The minimum Gasteiger partial charge on any atom is -0.352 e. The minimum absolute atomic E-state index is 0.0300. The Morgan fingerprint density at radius 1 is 1.47 bits per heavy atom. The molecule has 0 unspecified atom stereocenters. The quantitative estimate of drug-likeness (QED) is 0.825. The lowest BCUT2D eigenvalue weighted by atomic mass is 10.1. The van der Waals surface area contributed by atoms with Gasteiger partial charge in [0, 0.05) is 18.2 Å². The van der Waals surface area contributed by atoms with Crippen LogP contribution < -0.4 is 5.32 Å². The molecule has 4 heteroatoms. The lowest BCUT2D eigenvalue weighted by Gasteiger charge is -2.18. The highest BCUT2D eigenvalue weighted by Crippen LogP contribution is 2.21. The van der Waals surface area contributed by atoms with Crippen molar-refractivity contribution < 1.29 is 4.79 Å². The van der Waals surface area contributed by atoms with Gasteiger partial charge in [0.2, 0.25) is 5.91 Å². The van der Waals surface area contributed by atoms with Crippen LogP contribution in [0.5, 0.6) is 0 Å². The van der Waals surface area contributed by atoms with Crippen LogP contribution in [0.2, 0.25) is 0 Å². The molecule has 0 aliphatic carbocycles. The summed E-state index contributed by atoms with van der Waals surface area (Å²) >= 11 is 0. The van der Waals surface area contributed by atoms with E-state index in [0.29, 0.717) is 12.4 Å². The molecule has 17 heavy (non-hydrogen) atoms. The van der Waals surface area contributed by atoms with Crippen LogP contribution in [0.25, 0.3) is 0 Å². The summed E-state index contributed by atoms with van der Waals surface area (Å²) < 4.78 is 0. The average molecular weight is 231 g/mol. The number of benzene rings is 1. The van der Waals surface area contributed by atoms with Gasteiger partial charge in [-0.2, -0.15) is 0 Å². The highest BCUT2D eigenvalue weighted by Gasteiger charge is 2.25. The highest BCUT2D eigenvalue weighted by molar-refractivity contribution is 6.01. The smallest absolute Gasteiger partial charge is 0.239 e. The predicted octanol–water partition coefficient (Wildman–Crippen LogP) is 1.35. The second-order valence-corrected chi connectivity index (χ2v) is 4.58. The fourth-order valence-corrected chi connectivity index (χ4v) is 2.02. The molecule has 1 aromatic rings. The molecule has 4 nitrogen and oxygen atoms in total. The Bertz CT molecular complexity index is 454. The number of nitrogens with zero attached hydrogens (tertiary/aromatic N) is 1. The summed E-state index contributed by atoms with van der Waals surface area (Å²) in [5, 5.41) is 10.8. The summed E-state index contributed by atoms with van der Waals surface area (Å²) in [5.41, 5.74) is 2.06. The van der Waals surface area contributed by atoms with Crippen LogP contribution in [0.4, 0.5) is 0 Å². The molecule has 0 saturated carbocycles. The van der Waals surface area contributed by atoms with Crippen molar-refractivity contribution in [3.05, 3.63) is 35.4 Å².